The van der Waals surface area contributed by atoms with Crippen LogP contribution in [0.25, 0.3) is 0 Å². The number of ketones is 3. The molecule has 0 N–H and O–H groups in total. The van der Waals surface area contributed by atoms with Crippen LogP contribution in [0.5, 0.6) is 0 Å². The van der Waals surface area contributed by atoms with Crippen molar-refractivity contribution >= 4 is 55.4 Å². The SMILES string of the molecule is CC1(C)C2CCC1(C(=O)C1=CC=C(P=O)C(=O)C1=O)CC2.[NaH]. The molecule has 4 nitrogen and oxygen atoms in total. The molecule has 2 fully saturated rings. The molecular weight excluding hydrogens is 310 g/mol. The quantitative estimate of drug-likeness (QED) is 0.262. The van der Waals surface area contributed by atoms with E-state index in [4.69, 9.17) is 0 Å². The Morgan fingerprint density at radius 1 is 1.14 bits per heavy atom. The van der Waals surface area contributed by atoms with Crippen LogP contribution in [0.1, 0.15) is 39.5 Å². The maximum absolute atomic E-state index is 13.0. The van der Waals surface area contributed by atoms with Crippen molar-refractivity contribution in [1.29, 1.82) is 0 Å². The van der Waals surface area contributed by atoms with Crippen molar-refractivity contribution in [3.05, 3.63) is 23.0 Å². The molecule has 2 bridgehead atoms. The van der Waals surface area contributed by atoms with Gasteiger partial charge in [0.25, 0.3) is 0 Å². The van der Waals surface area contributed by atoms with Gasteiger partial charge in [0.05, 0.1) is 10.9 Å². The van der Waals surface area contributed by atoms with Gasteiger partial charge >= 0.3 is 29.6 Å². The van der Waals surface area contributed by atoms with Gasteiger partial charge in [0.1, 0.15) is 0 Å². The van der Waals surface area contributed by atoms with Crippen molar-refractivity contribution in [3.8, 4) is 0 Å². The van der Waals surface area contributed by atoms with Crippen LogP contribution in [0.2, 0.25) is 0 Å². The summed E-state index contributed by atoms with van der Waals surface area (Å²) in [6.45, 7) is 4.20. The molecule has 0 aromatic heterocycles. The van der Waals surface area contributed by atoms with Gasteiger partial charge in [-0.3, -0.25) is 18.9 Å². The van der Waals surface area contributed by atoms with Crippen molar-refractivity contribution in [1.82, 2.24) is 0 Å². The average Bonchev–Trinajstić information content (AvgIpc) is 2.88. The molecule has 0 unspecified atom stereocenters. The average molecular weight is 328 g/mol. The van der Waals surface area contributed by atoms with Crippen molar-refractivity contribution in [2.45, 2.75) is 39.5 Å². The van der Waals surface area contributed by atoms with Gasteiger partial charge in [-0.15, -0.1) is 0 Å². The van der Waals surface area contributed by atoms with Gasteiger partial charge < -0.3 is 0 Å². The molecule has 0 atom stereocenters. The van der Waals surface area contributed by atoms with Gasteiger partial charge in [-0.25, -0.2) is 0 Å². The molecular formula is C16H18NaO4P. The van der Waals surface area contributed by atoms with Gasteiger partial charge in [0, 0.05) is 5.41 Å². The Labute approximate surface area is 153 Å². The van der Waals surface area contributed by atoms with Crippen LogP contribution in [0.3, 0.4) is 0 Å². The predicted molar refractivity (Wildman–Crippen MR) is 84.1 cm³/mol. The van der Waals surface area contributed by atoms with Crippen molar-refractivity contribution in [2.24, 2.45) is 16.7 Å². The van der Waals surface area contributed by atoms with Gasteiger partial charge in [-0.05, 0) is 49.2 Å². The summed E-state index contributed by atoms with van der Waals surface area (Å²) in [5, 5.41) is -0.0796. The fourth-order valence-corrected chi connectivity index (χ4v) is 4.77. The number of carbonyl (C=O) groups excluding carboxylic acids is 3. The summed E-state index contributed by atoms with van der Waals surface area (Å²) in [7, 11) is -0.480. The van der Waals surface area contributed by atoms with Crippen LogP contribution < -0.4 is 0 Å². The summed E-state index contributed by atoms with van der Waals surface area (Å²) >= 11 is 0. The van der Waals surface area contributed by atoms with E-state index in [1.807, 2.05) is 0 Å². The molecule has 0 aromatic carbocycles. The van der Waals surface area contributed by atoms with Crippen molar-refractivity contribution in [2.75, 3.05) is 0 Å². The third kappa shape index (κ3) is 2.19. The van der Waals surface area contributed by atoms with E-state index in [0.29, 0.717) is 5.92 Å². The standard InChI is InChI=1S/C16H17O4P.Na.H/c1-15(2)9-5-7-16(15,8-6-9)14(19)10-3-4-11(21-20)13(18)12(10)17;;/h3-4,9H,5-8H2,1-2H3;;. The number of hydrogen-bond acceptors (Lipinski definition) is 4. The first-order chi connectivity index (χ1) is 9.85. The van der Waals surface area contributed by atoms with E-state index >= 15 is 0 Å². The summed E-state index contributed by atoms with van der Waals surface area (Å²) in [5.41, 5.74) is -0.669. The molecule has 3 rings (SSSR count). The Bertz CT molecular complexity index is 637. The molecule has 0 spiro atoms. The van der Waals surface area contributed by atoms with E-state index in [9.17, 15) is 18.9 Å². The zero-order valence-electron chi connectivity index (χ0n) is 12.1. The first-order valence-electron chi connectivity index (χ1n) is 7.24. The Morgan fingerprint density at radius 2 is 1.73 bits per heavy atom. The number of hydrogen-bond donors (Lipinski definition) is 0. The van der Waals surface area contributed by atoms with Gasteiger partial charge in [0.2, 0.25) is 11.6 Å². The number of allylic oxidation sites excluding steroid dienone is 4. The third-order valence-electron chi connectivity index (χ3n) is 5.96. The third-order valence-corrected chi connectivity index (χ3v) is 6.51. The molecule has 112 valence electrons. The number of fused-ring (bicyclic) bond motifs is 2. The Balaban J connectivity index is 0.00000176. The molecule has 6 heteroatoms. The molecule has 3 aliphatic carbocycles. The fourth-order valence-electron chi connectivity index (χ4n) is 4.45. The monoisotopic (exact) mass is 328 g/mol. The molecule has 0 radical (unpaired) electrons. The normalized spacial score (nSPS) is 32.5. The van der Waals surface area contributed by atoms with E-state index in [0.717, 1.165) is 25.7 Å². The summed E-state index contributed by atoms with van der Waals surface area (Å²) in [5.74, 6) is -1.30. The zero-order valence-corrected chi connectivity index (χ0v) is 13.0. The van der Waals surface area contributed by atoms with Crippen molar-refractivity contribution in [3.63, 3.8) is 0 Å². The van der Waals surface area contributed by atoms with Crippen LogP contribution in [0.15, 0.2) is 23.0 Å². The van der Waals surface area contributed by atoms with Gasteiger partial charge in [0.15, 0.2) is 14.2 Å². The van der Waals surface area contributed by atoms with Crippen LogP contribution in [0.4, 0.5) is 0 Å². The fraction of sp³-hybridized carbons (Fsp3) is 0.562. The zero-order chi connectivity index (χ0) is 15.4. The van der Waals surface area contributed by atoms with E-state index in [2.05, 4.69) is 13.8 Å². The summed E-state index contributed by atoms with van der Waals surface area (Å²) in [6.07, 6.45) is 6.31. The topological polar surface area (TPSA) is 68.3 Å². The number of rotatable bonds is 3. The molecule has 0 heterocycles. The second kappa shape index (κ2) is 5.90. The van der Waals surface area contributed by atoms with Gasteiger partial charge in [-0.2, -0.15) is 0 Å². The molecule has 0 saturated heterocycles. The van der Waals surface area contributed by atoms with Crippen LogP contribution in [-0.2, 0) is 18.9 Å². The molecule has 0 aromatic rings. The maximum atomic E-state index is 13.0. The summed E-state index contributed by atoms with van der Waals surface area (Å²) < 4.78 is 10.8. The molecule has 3 aliphatic rings. The first-order valence-corrected chi connectivity index (χ1v) is 8.05. The van der Waals surface area contributed by atoms with E-state index < -0.39 is 25.4 Å². The number of Topliss-reactive ketones (excluding diaryl/α,β-unsaturated/α-hetero) is 3. The minimum atomic E-state index is -0.820. The summed E-state index contributed by atoms with van der Waals surface area (Å²) in [6, 6.07) is 0. The molecule has 0 amide bonds. The molecule has 22 heavy (non-hydrogen) atoms. The van der Waals surface area contributed by atoms with Gasteiger partial charge in [-0.1, -0.05) is 13.8 Å². The minimum absolute atomic E-state index is 0. The second-order valence-corrected chi connectivity index (χ2v) is 7.45. The Hall–Kier alpha value is -0.410. The predicted octanol–water partition coefficient (Wildman–Crippen LogP) is 2.38. The summed E-state index contributed by atoms with van der Waals surface area (Å²) in [4.78, 5) is 37.0. The van der Waals surface area contributed by atoms with Crippen LogP contribution >= 0.6 is 8.46 Å². The number of carbonyl (C=O) groups is 3. The van der Waals surface area contributed by atoms with E-state index in [1.165, 1.54) is 12.2 Å². The molecule has 0 aliphatic heterocycles. The first kappa shape index (κ1) is 17.9. The van der Waals surface area contributed by atoms with Crippen molar-refractivity contribution < 1.29 is 18.9 Å². The van der Waals surface area contributed by atoms with E-state index in [-0.39, 0.29) is 51.6 Å². The Kier molecular flexibility index (Phi) is 4.81. The van der Waals surface area contributed by atoms with Crippen LogP contribution in [-0.4, -0.2) is 46.9 Å². The Morgan fingerprint density at radius 3 is 2.18 bits per heavy atom. The van der Waals surface area contributed by atoms with Crippen LogP contribution in [0, 0.1) is 16.7 Å². The van der Waals surface area contributed by atoms with E-state index in [1.54, 1.807) is 0 Å². The molecule has 2 saturated carbocycles. The second-order valence-electron chi connectivity index (χ2n) is 6.79.